The molecule has 0 spiro atoms. The summed E-state index contributed by atoms with van der Waals surface area (Å²) in [6.45, 7) is 2.64. The van der Waals surface area contributed by atoms with Crippen molar-refractivity contribution >= 4 is 5.95 Å². The number of pyridine rings is 1. The van der Waals surface area contributed by atoms with Crippen LogP contribution in [0.3, 0.4) is 0 Å². The van der Waals surface area contributed by atoms with Crippen LogP contribution in [-0.4, -0.2) is 30.9 Å². The first-order chi connectivity index (χ1) is 15.0. The molecule has 0 unspecified atom stereocenters. The number of benzene rings is 1. The van der Waals surface area contributed by atoms with E-state index in [-0.39, 0.29) is 11.1 Å². The largest absolute Gasteiger partial charge is 0.355 e. The monoisotopic (exact) mass is 415 g/mol. The Bertz CT molecular complexity index is 1350. The Morgan fingerprint density at radius 3 is 2.61 bits per heavy atom. The number of halogens is 1. The van der Waals surface area contributed by atoms with Gasteiger partial charge in [0.2, 0.25) is 5.95 Å². The summed E-state index contributed by atoms with van der Waals surface area (Å²) >= 11 is 0. The van der Waals surface area contributed by atoms with Gasteiger partial charge in [-0.2, -0.15) is 10.4 Å². The van der Waals surface area contributed by atoms with E-state index in [1.165, 1.54) is 27.4 Å². The molecule has 0 radical (unpaired) electrons. The molecule has 1 N–H and O–H groups in total. The van der Waals surface area contributed by atoms with Crippen molar-refractivity contribution in [3.8, 4) is 34.0 Å². The van der Waals surface area contributed by atoms with Crippen molar-refractivity contribution in [2.24, 2.45) is 7.05 Å². The number of nitrogens with one attached hydrogen (secondary N) is 1. The predicted octanol–water partition coefficient (Wildman–Crippen LogP) is 3.14. The third-order valence-electron chi connectivity index (χ3n) is 4.77. The molecular formula is C22H18FN7O. The molecule has 0 saturated heterocycles. The Balaban J connectivity index is 1.83. The minimum atomic E-state index is -0.613. The highest BCUT2D eigenvalue weighted by molar-refractivity contribution is 5.82. The summed E-state index contributed by atoms with van der Waals surface area (Å²) < 4.78 is 16.9. The maximum atomic E-state index is 14.0. The van der Waals surface area contributed by atoms with Crippen LogP contribution in [0.5, 0.6) is 0 Å². The van der Waals surface area contributed by atoms with Gasteiger partial charge in [-0.25, -0.2) is 19.0 Å². The van der Waals surface area contributed by atoms with E-state index in [1.54, 1.807) is 44.1 Å². The summed E-state index contributed by atoms with van der Waals surface area (Å²) in [4.78, 5) is 20.9. The highest BCUT2D eigenvalue weighted by Crippen LogP contribution is 2.31. The normalized spacial score (nSPS) is 10.6. The van der Waals surface area contributed by atoms with Gasteiger partial charge in [0.25, 0.3) is 5.56 Å². The van der Waals surface area contributed by atoms with Gasteiger partial charge in [0, 0.05) is 61.1 Å². The first-order valence-electron chi connectivity index (χ1n) is 9.52. The second-order valence-corrected chi connectivity index (χ2v) is 6.79. The van der Waals surface area contributed by atoms with Gasteiger partial charge in [-0.05, 0) is 24.6 Å². The average Bonchev–Trinajstić information content (AvgIpc) is 3.26. The van der Waals surface area contributed by atoms with E-state index in [0.717, 1.165) is 5.56 Å². The van der Waals surface area contributed by atoms with E-state index in [0.29, 0.717) is 34.9 Å². The molecule has 4 rings (SSSR count). The summed E-state index contributed by atoms with van der Waals surface area (Å²) in [5, 5.41) is 16.7. The van der Waals surface area contributed by atoms with Crippen molar-refractivity contribution in [2.45, 2.75) is 6.92 Å². The maximum Gasteiger partial charge on any atom is 0.250 e. The van der Waals surface area contributed by atoms with Gasteiger partial charge >= 0.3 is 0 Å². The number of nitrogens with zero attached hydrogens (tertiary/aromatic N) is 6. The van der Waals surface area contributed by atoms with Crippen molar-refractivity contribution in [3.63, 3.8) is 0 Å². The Kier molecular flexibility index (Phi) is 5.28. The lowest BCUT2D eigenvalue weighted by Gasteiger charge is -2.10. The van der Waals surface area contributed by atoms with E-state index in [2.05, 4.69) is 20.4 Å². The molecule has 3 aromatic heterocycles. The van der Waals surface area contributed by atoms with Crippen LogP contribution in [0, 0.1) is 17.1 Å². The number of hydrogen-bond acceptors (Lipinski definition) is 6. The second-order valence-electron chi connectivity index (χ2n) is 6.79. The Labute approximate surface area is 177 Å². The Hall–Kier alpha value is -4.32. The number of nitriles is 1. The quantitative estimate of drug-likeness (QED) is 0.537. The molecule has 0 amide bonds. The number of rotatable bonds is 5. The number of hydrogen-bond donors (Lipinski definition) is 1. The van der Waals surface area contributed by atoms with Crippen molar-refractivity contribution < 1.29 is 4.39 Å². The fourth-order valence-corrected chi connectivity index (χ4v) is 3.22. The second kappa shape index (κ2) is 8.20. The zero-order chi connectivity index (χ0) is 22.0. The fourth-order valence-electron chi connectivity index (χ4n) is 3.22. The van der Waals surface area contributed by atoms with E-state index in [9.17, 15) is 14.4 Å². The van der Waals surface area contributed by atoms with E-state index < -0.39 is 5.82 Å². The fraction of sp³-hybridized carbons (Fsp3) is 0.136. The first-order valence-corrected chi connectivity index (χ1v) is 9.52. The Morgan fingerprint density at radius 2 is 1.90 bits per heavy atom. The molecule has 0 fully saturated rings. The molecule has 0 saturated carbocycles. The third kappa shape index (κ3) is 3.79. The van der Waals surface area contributed by atoms with Gasteiger partial charge in [-0.3, -0.25) is 4.79 Å². The van der Waals surface area contributed by atoms with Crippen LogP contribution in [0.2, 0.25) is 0 Å². The summed E-state index contributed by atoms with van der Waals surface area (Å²) in [6.07, 6.45) is 8.28. The van der Waals surface area contributed by atoms with Gasteiger partial charge in [0.1, 0.15) is 17.4 Å². The molecule has 0 bridgehead atoms. The minimum Gasteiger partial charge on any atom is -0.355 e. The van der Waals surface area contributed by atoms with Crippen molar-refractivity contribution in [1.82, 2.24) is 24.3 Å². The molecule has 0 aliphatic carbocycles. The molecule has 4 aromatic rings. The summed E-state index contributed by atoms with van der Waals surface area (Å²) in [5.41, 5.74) is 2.79. The molecule has 3 heterocycles. The van der Waals surface area contributed by atoms with Gasteiger partial charge in [-0.15, -0.1) is 0 Å². The van der Waals surface area contributed by atoms with E-state index in [1.807, 2.05) is 13.0 Å². The van der Waals surface area contributed by atoms with E-state index in [4.69, 9.17) is 0 Å². The predicted molar refractivity (Wildman–Crippen MR) is 114 cm³/mol. The molecule has 31 heavy (non-hydrogen) atoms. The summed E-state index contributed by atoms with van der Waals surface area (Å²) in [5.74, 6) is -0.114. The van der Waals surface area contributed by atoms with E-state index >= 15 is 0 Å². The molecular weight excluding hydrogens is 397 g/mol. The molecule has 0 aliphatic heterocycles. The first kappa shape index (κ1) is 20.0. The van der Waals surface area contributed by atoms with Gasteiger partial charge in [0.05, 0.1) is 11.9 Å². The van der Waals surface area contributed by atoms with Crippen LogP contribution in [0.15, 0.2) is 60.0 Å². The molecule has 0 aliphatic rings. The molecule has 8 nitrogen and oxygen atoms in total. The maximum absolute atomic E-state index is 14.0. The summed E-state index contributed by atoms with van der Waals surface area (Å²) in [7, 11) is 1.66. The van der Waals surface area contributed by atoms with Crippen LogP contribution in [0.25, 0.3) is 27.9 Å². The van der Waals surface area contributed by atoms with Crippen LogP contribution < -0.4 is 10.9 Å². The van der Waals surface area contributed by atoms with Crippen molar-refractivity contribution in [3.05, 3.63) is 77.0 Å². The zero-order valence-corrected chi connectivity index (χ0v) is 16.9. The van der Waals surface area contributed by atoms with Gasteiger partial charge < -0.3 is 9.88 Å². The topological polar surface area (TPSA) is 101 Å². The highest BCUT2D eigenvalue weighted by atomic mass is 19.1. The number of aromatic nitrogens is 5. The lowest BCUT2D eigenvalue weighted by Crippen LogP contribution is -2.15. The minimum absolute atomic E-state index is 0.0924. The van der Waals surface area contributed by atoms with Crippen LogP contribution >= 0.6 is 0 Å². The molecule has 9 heteroatoms. The molecule has 154 valence electrons. The standard InChI is InChI=1S/C22H18FN7O/c1-3-25-22-26-9-14(10-27-22)16-7-21(31)29(2)13-18(16)15-11-28-30(12-15)20-6-4-5-19(23)17(20)8-24/h4-7,9-13H,3H2,1-2H3,(H,25,26,27). The summed E-state index contributed by atoms with van der Waals surface area (Å²) in [6, 6.07) is 7.76. The zero-order valence-electron chi connectivity index (χ0n) is 16.9. The van der Waals surface area contributed by atoms with Crippen LogP contribution in [0.4, 0.5) is 10.3 Å². The lowest BCUT2D eigenvalue weighted by atomic mass is 10.0. The number of anilines is 1. The van der Waals surface area contributed by atoms with Crippen LogP contribution in [-0.2, 0) is 7.05 Å². The van der Waals surface area contributed by atoms with Gasteiger partial charge in [0.15, 0.2) is 0 Å². The average molecular weight is 415 g/mol. The smallest absolute Gasteiger partial charge is 0.250 e. The Morgan fingerprint density at radius 1 is 1.13 bits per heavy atom. The van der Waals surface area contributed by atoms with Crippen LogP contribution in [0.1, 0.15) is 12.5 Å². The highest BCUT2D eigenvalue weighted by Gasteiger charge is 2.15. The lowest BCUT2D eigenvalue weighted by molar-refractivity contribution is 0.621. The third-order valence-corrected chi connectivity index (χ3v) is 4.77. The molecule has 1 aromatic carbocycles. The van der Waals surface area contributed by atoms with Crippen molar-refractivity contribution in [1.29, 1.82) is 5.26 Å². The van der Waals surface area contributed by atoms with Crippen molar-refractivity contribution in [2.75, 3.05) is 11.9 Å². The van der Waals surface area contributed by atoms with Gasteiger partial charge in [-0.1, -0.05) is 6.07 Å². The molecule has 0 atom stereocenters. The number of aryl methyl sites for hydroxylation is 1. The SMILES string of the molecule is CCNc1ncc(-c2cc(=O)n(C)cc2-c2cnn(-c3cccc(F)c3C#N)c2)cn1.